The lowest BCUT2D eigenvalue weighted by molar-refractivity contribution is 0.0626. The standard InChI is InChI=1S/C21H22FN5O/c1-16-18(14-24-27(16)20-8-3-2-7-19(20)22)21(28)26-12-10-25(11-13-26)15-17-6-4-5-9-23-17/h2-9,14H,10-13,15H2,1H3. The van der Waals surface area contributed by atoms with E-state index in [4.69, 9.17) is 0 Å². The normalized spacial score (nSPS) is 15.0. The summed E-state index contributed by atoms with van der Waals surface area (Å²) in [6, 6.07) is 12.3. The van der Waals surface area contributed by atoms with Crippen LogP contribution in [0.5, 0.6) is 0 Å². The Kier molecular flexibility index (Phi) is 5.16. The van der Waals surface area contributed by atoms with Gasteiger partial charge >= 0.3 is 0 Å². The molecule has 0 spiro atoms. The molecular weight excluding hydrogens is 357 g/mol. The third-order valence-corrected chi connectivity index (χ3v) is 5.09. The van der Waals surface area contributed by atoms with Crippen molar-refractivity contribution in [2.24, 2.45) is 0 Å². The van der Waals surface area contributed by atoms with Crippen molar-refractivity contribution < 1.29 is 9.18 Å². The van der Waals surface area contributed by atoms with E-state index < -0.39 is 0 Å². The molecule has 0 N–H and O–H groups in total. The Hall–Kier alpha value is -3.06. The largest absolute Gasteiger partial charge is 0.336 e. The van der Waals surface area contributed by atoms with Gasteiger partial charge in [0.2, 0.25) is 0 Å². The van der Waals surface area contributed by atoms with Crippen LogP contribution in [0.1, 0.15) is 21.7 Å². The molecule has 1 amide bonds. The van der Waals surface area contributed by atoms with Crippen LogP contribution in [0.3, 0.4) is 0 Å². The molecule has 1 fully saturated rings. The third kappa shape index (κ3) is 3.66. The van der Waals surface area contributed by atoms with Crippen LogP contribution in [0, 0.1) is 12.7 Å². The summed E-state index contributed by atoms with van der Waals surface area (Å²) >= 11 is 0. The predicted octanol–water partition coefficient (Wildman–Crippen LogP) is 2.67. The maximum atomic E-state index is 14.1. The fourth-order valence-corrected chi connectivity index (χ4v) is 3.49. The van der Waals surface area contributed by atoms with Crippen molar-refractivity contribution >= 4 is 5.91 Å². The van der Waals surface area contributed by atoms with Crippen molar-refractivity contribution in [3.05, 3.63) is 77.6 Å². The molecule has 0 radical (unpaired) electrons. The maximum Gasteiger partial charge on any atom is 0.257 e. The zero-order chi connectivity index (χ0) is 19.5. The van der Waals surface area contributed by atoms with Gasteiger partial charge in [-0.1, -0.05) is 18.2 Å². The number of piperazine rings is 1. The van der Waals surface area contributed by atoms with E-state index in [0.29, 0.717) is 30.0 Å². The SMILES string of the molecule is Cc1c(C(=O)N2CCN(Cc3ccccn3)CC2)cnn1-c1ccccc1F. The molecule has 1 aromatic carbocycles. The van der Waals surface area contributed by atoms with E-state index in [1.54, 1.807) is 31.3 Å². The van der Waals surface area contributed by atoms with Crippen molar-refractivity contribution in [3.8, 4) is 5.69 Å². The zero-order valence-electron chi connectivity index (χ0n) is 15.8. The second-order valence-electron chi connectivity index (χ2n) is 6.90. The summed E-state index contributed by atoms with van der Waals surface area (Å²) in [5.41, 5.74) is 2.54. The number of para-hydroxylation sites is 1. The maximum absolute atomic E-state index is 14.1. The molecule has 28 heavy (non-hydrogen) atoms. The molecule has 0 aliphatic carbocycles. The number of benzene rings is 1. The molecule has 144 valence electrons. The molecule has 4 rings (SSSR count). The fraction of sp³-hybridized carbons (Fsp3) is 0.286. The second kappa shape index (κ2) is 7.90. The summed E-state index contributed by atoms with van der Waals surface area (Å²) in [5.74, 6) is -0.423. The van der Waals surface area contributed by atoms with Gasteiger partial charge in [0.1, 0.15) is 11.5 Å². The molecule has 7 heteroatoms. The van der Waals surface area contributed by atoms with E-state index in [1.165, 1.54) is 16.9 Å². The lowest BCUT2D eigenvalue weighted by Crippen LogP contribution is -2.48. The lowest BCUT2D eigenvalue weighted by atomic mass is 10.2. The van der Waals surface area contributed by atoms with Crippen molar-refractivity contribution in [1.82, 2.24) is 24.6 Å². The predicted molar refractivity (Wildman–Crippen MR) is 104 cm³/mol. The van der Waals surface area contributed by atoms with Crippen LogP contribution in [-0.4, -0.2) is 56.7 Å². The highest BCUT2D eigenvalue weighted by Crippen LogP contribution is 2.19. The van der Waals surface area contributed by atoms with Gasteiger partial charge in [0, 0.05) is 38.9 Å². The first-order valence-corrected chi connectivity index (χ1v) is 9.34. The molecule has 1 aliphatic rings. The molecule has 0 atom stereocenters. The van der Waals surface area contributed by atoms with E-state index in [9.17, 15) is 9.18 Å². The van der Waals surface area contributed by atoms with E-state index in [0.717, 1.165) is 25.3 Å². The van der Waals surface area contributed by atoms with Crippen LogP contribution in [-0.2, 0) is 6.54 Å². The van der Waals surface area contributed by atoms with E-state index in [-0.39, 0.29) is 11.7 Å². The molecule has 3 heterocycles. The third-order valence-electron chi connectivity index (χ3n) is 5.09. The van der Waals surface area contributed by atoms with E-state index >= 15 is 0 Å². The molecule has 6 nitrogen and oxygen atoms in total. The number of pyridine rings is 1. The minimum Gasteiger partial charge on any atom is -0.336 e. The Labute approximate surface area is 163 Å². The Bertz CT molecular complexity index is 964. The number of rotatable bonds is 4. The summed E-state index contributed by atoms with van der Waals surface area (Å²) in [5, 5.41) is 4.24. The quantitative estimate of drug-likeness (QED) is 0.699. The van der Waals surface area contributed by atoms with Crippen molar-refractivity contribution in [3.63, 3.8) is 0 Å². The fourth-order valence-electron chi connectivity index (χ4n) is 3.49. The number of carbonyl (C=O) groups is 1. The molecule has 0 bridgehead atoms. The number of hydrogen-bond donors (Lipinski definition) is 0. The summed E-state index contributed by atoms with van der Waals surface area (Å²) in [4.78, 5) is 21.5. The minimum atomic E-state index is -0.365. The zero-order valence-corrected chi connectivity index (χ0v) is 15.8. The average Bonchev–Trinajstić information content (AvgIpc) is 3.10. The highest BCUT2D eigenvalue weighted by atomic mass is 19.1. The van der Waals surface area contributed by atoms with Gasteiger partial charge in [0.25, 0.3) is 5.91 Å². The summed E-state index contributed by atoms with van der Waals surface area (Å²) in [6.45, 7) is 5.47. The number of hydrogen-bond acceptors (Lipinski definition) is 4. The summed E-state index contributed by atoms with van der Waals surface area (Å²) in [6.07, 6.45) is 3.33. The molecule has 0 unspecified atom stereocenters. The highest BCUT2D eigenvalue weighted by molar-refractivity contribution is 5.95. The second-order valence-corrected chi connectivity index (χ2v) is 6.90. The Balaban J connectivity index is 1.43. The summed E-state index contributed by atoms with van der Waals surface area (Å²) in [7, 11) is 0. The Morgan fingerprint density at radius 1 is 1.07 bits per heavy atom. The molecule has 3 aromatic rings. The van der Waals surface area contributed by atoms with Crippen molar-refractivity contribution in [2.75, 3.05) is 26.2 Å². The number of amides is 1. The summed E-state index contributed by atoms with van der Waals surface area (Å²) < 4.78 is 15.6. The molecule has 1 aliphatic heterocycles. The van der Waals surface area contributed by atoms with Crippen LogP contribution in [0.25, 0.3) is 5.69 Å². The average molecular weight is 379 g/mol. The van der Waals surface area contributed by atoms with Crippen LogP contribution < -0.4 is 0 Å². The smallest absolute Gasteiger partial charge is 0.257 e. The highest BCUT2D eigenvalue weighted by Gasteiger charge is 2.25. The number of nitrogens with zero attached hydrogens (tertiary/aromatic N) is 5. The van der Waals surface area contributed by atoms with Gasteiger partial charge in [0.15, 0.2) is 0 Å². The number of halogens is 1. The van der Waals surface area contributed by atoms with Crippen LogP contribution >= 0.6 is 0 Å². The Morgan fingerprint density at radius 2 is 1.82 bits per heavy atom. The molecule has 0 saturated carbocycles. The molecule has 1 saturated heterocycles. The van der Waals surface area contributed by atoms with Crippen molar-refractivity contribution in [1.29, 1.82) is 0 Å². The monoisotopic (exact) mass is 379 g/mol. The molecular formula is C21H22FN5O. The van der Waals surface area contributed by atoms with Gasteiger partial charge < -0.3 is 4.90 Å². The van der Waals surface area contributed by atoms with Crippen LogP contribution in [0.2, 0.25) is 0 Å². The van der Waals surface area contributed by atoms with Gasteiger partial charge in [-0.25, -0.2) is 9.07 Å². The van der Waals surface area contributed by atoms with Crippen LogP contribution in [0.15, 0.2) is 54.9 Å². The van der Waals surface area contributed by atoms with Crippen molar-refractivity contribution in [2.45, 2.75) is 13.5 Å². The van der Waals surface area contributed by atoms with Crippen LogP contribution in [0.4, 0.5) is 4.39 Å². The Morgan fingerprint density at radius 3 is 2.54 bits per heavy atom. The van der Waals surface area contributed by atoms with Gasteiger partial charge in [-0.2, -0.15) is 5.10 Å². The first kappa shape index (κ1) is 18.3. The van der Waals surface area contributed by atoms with E-state index in [1.807, 2.05) is 23.1 Å². The minimum absolute atomic E-state index is 0.0578. The van der Waals surface area contributed by atoms with E-state index in [2.05, 4.69) is 15.0 Å². The van der Waals surface area contributed by atoms with Gasteiger partial charge in [-0.15, -0.1) is 0 Å². The van der Waals surface area contributed by atoms with Gasteiger partial charge in [0.05, 0.1) is 23.1 Å². The number of aromatic nitrogens is 3. The first-order valence-electron chi connectivity index (χ1n) is 9.34. The number of carbonyl (C=O) groups excluding carboxylic acids is 1. The van der Waals surface area contributed by atoms with Gasteiger partial charge in [-0.05, 0) is 31.2 Å². The van der Waals surface area contributed by atoms with Gasteiger partial charge in [-0.3, -0.25) is 14.7 Å². The molecule has 2 aromatic heterocycles. The lowest BCUT2D eigenvalue weighted by Gasteiger charge is -2.34. The first-order chi connectivity index (χ1) is 13.6. The topological polar surface area (TPSA) is 54.3 Å².